The number of hydrogen-bond acceptors (Lipinski definition) is 3. The Morgan fingerprint density at radius 1 is 1.33 bits per heavy atom. The van der Waals surface area contributed by atoms with E-state index in [1.807, 2.05) is 0 Å². The zero-order valence-corrected chi connectivity index (χ0v) is 9.36. The Kier molecular flexibility index (Phi) is 4.55. The molecule has 5 nitrogen and oxygen atoms in total. The van der Waals surface area contributed by atoms with Gasteiger partial charge in [-0.2, -0.15) is 0 Å². The van der Waals surface area contributed by atoms with Crippen LogP contribution in [0, 0.1) is 0 Å². The molecule has 0 spiro atoms. The molecule has 1 aliphatic heterocycles. The van der Waals surface area contributed by atoms with Gasteiger partial charge in [0.25, 0.3) is 0 Å². The number of likely N-dealkylation sites (tertiary alicyclic amines) is 1. The number of hydrogen-bond donors (Lipinski definition) is 0. The monoisotopic (exact) mass is 214 g/mol. The van der Waals surface area contributed by atoms with Crippen LogP contribution in [0.5, 0.6) is 0 Å². The molecule has 1 heterocycles. The lowest BCUT2D eigenvalue weighted by atomic mass is 10.4. The average molecular weight is 214 g/mol. The first-order chi connectivity index (χ1) is 7.15. The molecule has 5 heteroatoms. The van der Waals surface area contributed by atoms with Crippen molar-refractivity contribution >= 4 is 11.8 Å². The Morgan fingerprint density at radius 2 is 1.93 bits per heavy atom. The summed E-state index contributed by atoms with van der Waals surface area (Å²) >= 11 is 0. The van der Waals surface area contributed by atoms with Crippen LogP contribution in [0.1, 0.15) is 12.8 Å². The van der Waals surface area contributed by atoms with Crippen molar-refractivity contribution in [1.82, 2.24) is 9.80 Å². The van der Waals surface area contributed by atoms with E-state index < -0.39 is 0 Å². The number of carbonyl (C=O) groups is 2. The standard InChI is InChI=1S/C10H18N2O3/c1-11(10(14)8-15-2)7-9(13)12-5-3-4-6-12/h3-8H2,1-2H3. The first-order valence-electron chi connectivity index (χ1n) is 5.16. The van der Waals surface area contributed by atoms with Crippen LogP contribution in [0.25, 0.3) is 0 Å². The fraction of sp³-hybridized carbons (Fsp3) is 0.800. The molecule has 1 fully saturated rings. The van der Waals surface area contributed by atoms with Crippen LogP contribution in [-0.2, 0) is 14.3 Å². The summed E-state index contributed by atoms with van der Waals surface area (Å²) in [4.78, 5) is 26.2. The van der Waals surface area contributed by atoms with Gasteiger partial charge in [-0.3, -0.25) is 9.59 Å². The Morgan fingerprint density at radius 3 is 2.47 bits per heavy atom. The number of rotatable bonds is 4. The second kappa shape index (κ2) is 5.70. The summed E-state index contributed by atoms with van der Waals surface area (Å²) in [6, 6.07) is 0. The summed E-state index contributed by atoms with van der Waals surface area (Å²) < 4.78 is 4.72. The highest BCUT2D eigenvalue weighted by molar-refractivity contribution is 5.85. The molecule has 0 radical (unpaired) electrons. The maximum atomic E-state index is 11.7. The molecule has 0 bridgehead atoms. The molecule has 2 amide bonds. The molecule has 15 heavy (non-hydrogen) atoms. The van der Waals surface area contributed by atoms with E-state index in [1.54, 1.807) is 11.9 Å². The van der Waals surface area contributed by atoms with Crippen LogP contribution in [-0.4, -0.2) is 62.0 Å². The number of methoxy groups -OCH3 is 1. The third-order valence-corrected chi connectivity index (χ3v) is 2.52. The molecule has 0 aromatic heterocycles. The lowest BCUT2D eigenvalue weighted by Gasteiger charge is -2.21. The minimum absolute atomic E-state index is 0.0273. The molecule has 1 saturated heterocycles. The van der Waals surface area contributed by atoms with Crippen molar-refractivity contribution in [1.29, 1.82) is 0 Å². The Balaban J connectivity index is 2.33. The molecule has 86 valence electrons. The Labute approximate surface area is 90.0 Å². The summed E-state index contributed by atoms with van der Waals surface area (Å²) in [5, 5.41) is 0. The predicted molar refractivity (Wildman–Crippen MR) is 55.3 cm³/mol. The minimum Gasteiger partial charge on any atom is -0.375 e. The van der Waals surface area contributed by atoms with Crippen molar-refractivity contribution < 1.29 is 14.3 Å². The van der Waals surface area contributed by atoms with Crippen molar-refractivity contribution in [2.45, 2.75) is 12.8 Å². The first-order valence-corrected chi connectivity index (χ1v) is 5.16. The number of nitrogens with zero attached hydrogens (tertiary/aromatic N) is 2. The third-order valence-electron chi connectivity index (χ3n) is 2.52. The molecule has 0 aliphatic carbocycles. The van der Waals surface area contributed by atoms with Crippen LogP contribution in [0.2, 0.25) is 0 Å². The Bertz CT molecular complexity index is 237. The van der Waals surface area contributed by atoms with Crippen LogP contribution in [0.15, 0.2) is 0 Å². The molecule has 0 saturated carbocycles. The second-order valence-electron chi connectivity index (χ2n) is 3.77. The number of ether oxygens (including phenoxy) is 1. The molecule has 1 aliphatic rings. The van der Waals surface area contributed by atoms with Gasteiger partial charge in [-0.05, 0) is 12.8 Å². The summed E-state index contributed by atoms with van der Waals surface area (Å²) in [5.41, 5.74) is 0. The van der Waals surface area contributed by atoms with E-state index in [-0.39, 0.29) is 25.0 Å². The molecular formula is C10H18N2O3. The van der Waals surface area contributed by atoms with E-state index in [2.05, 4.69) is 0 Å². The fourth-order valence-electron chi connectivity index (χ4n) is 1.59. The highest BCUT2D eigenvalue weighted by atomic mass is 16.5. The van der Waals surface area contributed by atoms with E-state index in [0.717, 1.165) is 25.9 Å². The van der Waals surface area contributed by atoms with E-state index in [4.69, 9.17) is 4.74 Å². The third kappa shape index (κ3) is 3.51. The first kappa shape index (κ1) is 12.0. The quantitative estimate of drug-likeness (QED) is 0.646. The highest BCUT2D eigenvalue weighted by Gasteiger charge is 2.20. The molecule has 0 atom stereocenters. The van der Waals surface area contributed by atoms with Crippen LogP contribution in [0.4, 0.5) is 0 Å². The highest BCUT2D eigenvalue weighted by Crippen LogP contribution is 2.07. The van der Waals surface area contributed by atoms with Gasteiger partial charge in [-0.15, -0.1) is 0 Å². The molecule has 0 aromatic carbocycles. The van der Waals surface area contributed by atoms with Gasteiger partial charge in [0.15, 0.2) is 0 Å². The van der Waals surface area contributed by atoms with Crippen molar-refractivity contribution in [2.24, 2.45) is 0 Å². The maximum absolute atomic E-state index is 11.7. The van der Waals surface area contributed by atoms with Crippen molar-refractivity contribution in [2.75, 3.05) is 40.4 Å². The fourth-order valence-corrected chi connectivity index (χ4v) is 1.59. The zero-order chi connectivity index (χ0) is 11.3. The SMILES string of the molecule is COCC(=O)N(C)CC(=O)N1CCCC1. The maximum Gasteiger partial charge on any atom is 0.248 e. The molecule has 1 rings (SSSR count). The van der Waals surface area contributed by atoms with Crippen LogP contribution < -0.4 is 0 Å². The van der Waals surface area contributed by atoms with Crippen molar-refractivity contribution in [3.8, 4) is 0 Å². The molecule has 0 unspecified atom stereocenters. The summed E-state index contributed by atoms with van der Waals surface area (Å²) in [6.07, 6.45) is 2.14. The minimum atomic E-state index is -0.162. The lowest BCUT2D eigenvalue weighted by Crippen LogP contribution is -2.41. The summed E-state index contributed by atoms with van der Waals surface area (Å²) in [7, 11) is 3.09. The second-order valence-corrected chi connectivity index (χ2v) is 3.77. The van der Waals surface area contributed by atoms with Gasteiger partial charge in [-0.1, -0.05) is 0 Å². The predicted octanol–water partition coefficient (Wildman–Crippen LogP) is -0.286. The molecule has 0 N–H and O–H groups in total. The zero-order valence-electron chi connectivity index (χ0n) is 9.36. The van der Waals surface area contributed by atoms with Crippen LogP contribution >= 0.6 is 0 Å². The van der Waals surface area contributed by atoms with Gasteiger partial charge >= 0.3 is 0 Å². The molecule has 0 aromatic rings. The van der Waals surface area contributed by atoms with Gasteiger partial charge in [0.1, 0.15) is 6.61 Å². The topological polar surface area (TPSA) is 49.9 Å². The number of carbonyl (C=O) groups excluding carboxylic acids is 2. The van der Waals surface area contributed by atoms with Gasteiger partial charge in [0.05, 0.1) is 6.54 Å². The van der Waals surface area contributed by atoms with Gasteiger partial charge in [0.2, 0.25) is 11.8 Å². The smallest absolute Gasteiger partial charge is 0.248 e. The molecular weight excluding hydrogens is 196 g/mol. The summed E-state index contributed by atoms with van der Waals surface area (Å²) in [6.45, 7) is 1.84. The van der Waals surface area contributed by atoms with E-state index in [0.29, 0.717) is 0 Å². The van der Waals surface area contributed by atoms with E-state index >= 15 is 0 Å². The van der Waals surface area contributed by atoms with Gasteiger partial charge in [0, 0.05) is 27.2 Å². The largest absolute Gasteiger partial charge is 0.375 e. The lowest BCUT2D eigenvalue weighted by molar-refractivity contribution is -0.140. The van der Waals surface area contributed by atoms with Gasteiger partial charge < -0.3 is 14.5 Å². The average Bonchev–Trinajstić information content (AvgIpc) is 2.70. The van der Waals surface area contributed by atoms with Gasteiger partial charge in [-0.25, -0.2) is 0 Å². The normalized spacial score (nSPS) is 15.5. The van der Waals surface area contributed by atoms with E-state index in [9.17, 15) is 9.59 Å². The number of likely N-dealkylation sites (N-methyl/N-ethyl adjacent to an activating group) is 1. The van der Waals surface area contributed by atoms with E-state index in [1.165, 1.54) is 12.0 Å². The van der Waals surface area contributed by atoms with Crippen molar-refractivity contribution in [3.63, 3.8) is 0 Å². The summed E-state index contributed by atoms with van der Waals surface area (Å²) in [5.74, 6) is -0.135. The van der Waals surface area contributed by atoms with Crippen molar-refractivity contribution in [3.05, 3.63) is 0 Å². The number of amides is 2. The van der Waals surface area contributed by atoms with Crippen LogP contribution in [0.3, 0.4) is 0 Å². The Hall–Kier alpha value is -1.10.